The van der Waals surface area contributed by atoms with Gasteiger partial charge in [0.25, 0.3) is 0 Å². The van der Waals surface area contributed by atoms with Crippen molar-refractivity contribution in [2.75, 3.05) is 19.8 Å². The van der Waals surface area contributed by atoms with Crippen LogP contribution >= 0.6 is 7.31 Å². The van der Waals surface area contributed by atoms with Gasteiger partial charge in [0.05, 0.1) is 0 Å². The molecule has 3 heterocycles. The van der Waals surface area contributed by atoms with Gasteiger partial charge in [-0.25, -0.2) is 0 Å². The third-order valence-electron chi connectivity index (χ3n) is 2.20. The summed E-state index contributed by atoms with van der Waals surface area (Å²) >= 11 is 0. The van der Waals surface area contributed by atoms with E-state index in [1.165, 1.54) is 0 Å². The Morgan fingerprint density at radius 1 is 0.688 bits per heavy atom. The second-order valence-corrected chi connectivity index (χ2v) is 6.89. The van der Waals surface area contributed by atoms with Gasteiger partial charge in [0.2, 0.25) is 0 Å². The SMILES string of the molecule is O=C1CO[P-]23(OCC(=O)O2)(OCC(=O)O3)O1. The van der Waals surface area contributed by atoms with Crippen molar-refractivity contribution in [1.29, 1.82) is 0 Å². The number of carbonyl (C=O) groups is 3. The summed E-state index contributed by atoms with van der Waals surface area (Å²) in [5.41, 5.74) is 0. The number of hydrogen-bond acceptors (Lipinski definition) is 9. The molecule has 16 heavy (non-hydrogen) atoms. The average molecular weight is 253 g/mol. The average Bonchev–Trinajstić information content (AvgIpc) is 2.77. The molecular formula is C6H6O9P-. The van der Waals surface area contributed by atoms with E-state index in [4.69, 9.17) is 27.1 Å². The molecule has 3 fully saturated rings. The van der Waals surface area contributed by atoms with E-state index >= 15 is 0 Å². The molecule has 3 aliphatic rings. The Hall–Kier alpha value is -1.28. The molecular weight excluding hydrogens is 247 g/mol. The van der Waals surface area contributed by atoms with E-state index in [-0.39, 0.29) is 0 Å². The Balaban J connectivity index is 2.19. The van der Waals surface area contributed by atoms with Crippen molar-refractivity contribution in [1.82, 2.24) is 0 Å². The molecule has 3 rings (SSSR count). The van der Waals surface area contributed by atoms with E-state index in [9.17, 15) is 14.4 Å². The molecule has 90 valence electrons. The second-order valence-electron chi connectivity index (χ2n) is 3.33. The minimum absolute atomic E-state index is 0.587. The van der Waals surface area contributed by atoms with Gasteiger partial charge in [0.1, 0.15) is 0 Å². The second kappa shape index (κ2) is 2.21. The molecule has 3 saturated heterocycles. The van der Waals surface area contributed by atoms with Crippen LogP contribution in [0.15, 0.2) is 0 Å². The fraction of sp³-hybridized carbons (Fsp3) is 0.500. The first-order chi connectivity index (χ1) is 7.41. The minimum atomic E-state index is -5.82. The number of hydrogen-bond donors (Lipinski definition) is 0. The maximum absolute atomic E-state index is 11.1. The van der Waals surface area contributed by atoms with E-state index in [0.717, 1.165) is 0 Å². The molecule has 0 atom stereocenters. The van der Waals surface area contributed by atoms with E-state index in [2.05, 4.69) is 0 Å². The van der Waals surface area contributed by atoms with Crippen LogP contribution in [0.25, 0.3) is 0 Å². The predicted octanol–water partition coefficient (Wildman–Crippen LogP) is -0.714. The van der Waals surface area contributed by atoms with E-state index < -0.39 is 45.0 Å². The zero-order valence-electron chi connectivity index (χ0n) is 7.74. The molecule has 3 aliphatic heterocycles. The Kier molecular flexibility index (Phi) is 1.37. The van der Waals surface area contributed by atoms with Crippen LogP contribution in [0.3, 0.4) is 0 Å². The van der Waals surface area contributed by atoms with Crippen LogP contribution < -0.4 is 0 Å². The quantitative estimate of drug-likeness (QED) is 0.517. The maximum atomic E-state index is 11.1. The van der Waals surface area contributed by atoms with Gasteiger partial charge < -0.3 is 0 Å². The number of carbonyl (C=O) groups excluding carboxylic acids is 3. The Morgan fingerprint density at radius 2 is 1.00 bits per heavy atom. The summed E-state index contributed by atoms with van der Waals surface area (Å²) in [6.45, 7) is -1.76. The monoisotopic (exact) mass is 253 g/mol. The molecule has 0 aromatic rings. The van der Waals surface area contributed by atoms with Crippen LogP contribution in [0.1, 0.15) is 0 Å². The van der Waals surface area contributed by atoms with Crippen molar-refractivity contribution in [2.24, 2.45) is 0 Å². The third-order valence-corrected chi connectivity index (χ3v) is 5.90. The summed E-state index contributed by atoms with van der Waals surface area (Å²) in [6, 6.07) is 0. The Labute approximate surface area is 87.5 Å². The third kappa shape index (κ3) is 0.914. The molecule has 0 aromatic carbocycles. The molecule has 0 bridgehead atoms. The summed E-state index contributed by atoms with van der Waals surface area (Å²) < 4.78 is 29.0. The van der Waals surface area contributed by atoms with Crippen LogP contribution in [-0.2, 0) is 41.5 Å². The normalized spacial score (nSPS) is 37.1. The molecule has 0 aromatic heterocycles. The molecule has 0 N–H and O–H groups in total. The van der Waals surface area contributed by atoms with Crippen molar-refractivity contribution in [3.8, 4) is 0 Å². The standard InChI is InChI=1S/C6H6O9P/c7-4-1-10-16(13-4,11-2-5(8)14-16)12-3-6(9)15-16/h1-3H2/q-1. The summed E-state index contributed by atoms with van der Waals surface area (Å²) in [7, 11) is -5.82. The first kappa shape index (κ1) is 9.91. The van der Waals surface area contributed by atoms with E-state index in [1.807, 2.05) is 0 Å². The van der Waals surface area contributed by atoms with Gasteiger partial charge in [-0.2, -0.15) is 0 Å². The van der Waals surface area contributed by atoms with Crippen molar-refractivity contribution in [3.05, 3.63) is 0 Å². The van der Waals surface area contributed by atoms with Gasteiger partial charge in [-0.3, -0.25) is 0 Å². The number of rotatable bonds is 0. The van der Waals surface area contributed by atoms with Crippen molar-refractivity contribution in [2.45, 2.75) is 0 Å². The summed E-state index contributed by atoms with van der Waals surface area (Å²) in [5.74, 6) is -2.71. The molecule has 9 nitrogen and oxygen atoms in total. The topological polar surface area (TPSA) is 107 Å². The summed E-state index contributed by atoms with van der Waals surface area (Å²) in [5, 5.41) is 0. The Bertz CT molecular complexity index is 380. The molecule has 0 amide bonds. The summed E-state index contributed by atoms with van der Waals surface area (Å²) in [4.78, 5) is 33.4. The van der Waals surface area contributed by atoms with E-state index in [0.29, 0.717) is 0 Å². The fourth-order valence-electron chi connectivity index (χ4n) is 1.66. The molecule has 10 heteroatoms. The van der Waals surface area contributed by atoms with Crippen molar-refractivity contribution >= 4 is 25.2 Å². The van der Waals surface area contributed by atoms with Crippen LogP contribution in [-0.4, -0.2) is 37.7 Å². The van der Waals surface area contributed by atoms with Crippen LogP contribution in [0.5, 0.6) is 0 Å². The summed E-state index contributed by atoms with van der Waals surface area (Å²) in [6.07, 6.45) is 0. The van der Waals surface area contributed by atoms with Crippen LogP contribution in [0, 0.1) is 0 Å². The van der Waals surface area contributed by atoms with Gasteiger partial charge in [0, 0.05) is 0 Å². The van der Waals surface area contributed by atoms with Crippen molar-refractivity contribution in [3.63, 3.8) is 0 Å². The van der Waals surface area contributed by atoms with Crippen LogP contribution in [0.4, 0.5) is 0 Å². The van der Waals surface area contributed by atoms with Crippen molar-refractivity contribution < 1.29 is 41.5 Å². The zero-order valence-corrected chi connectivity index (χ0v) is 8.64. The first-order valence-corrected chi connectivity index (χ1v) is 6.44. The van der Waals surface area contributed by atoms with Gasteiger partial charge >= 0.3 is 86.6 Å². The van der Waals surface area contributed by atoms with Gasteiger partial charge in [-0.05, 0) is 0 Å². The van der Waals surface area contributed by atoms with Crippen LogP contribution in [0.2, 0.25) is 0 Å². The molecule has 1 spiro atoms. The predicted molar refractivity (Wildman–Crippen MR) is 43.1 cm³/mol. The molecule has 0 radical (unpaired) electrons. The first-order valence-electron chi connectivity index (χ1n) is 4.25. The molecule has 0 saturated carbocycles. The molecule has 0 aliphatic carbocycles. The Morgan fingerprint density at radius 3 is 1.19 bits per heavy atom. The van der Waals surface area contributed by atoms with Gasteiger partial charge in [0.15, 0.2) is 0 Å². The van der Waals surface area contributed by atoms with Gasteiger partial charge in [-0.15, -0.1) is 0 Å². The molecule has 0 unspecified atom stereocenters. The van der Waals surface area contributed by atoms with Gasteiger partial charge in [-0.1, -0.05) is 0 Å². The van der Waals surface area contributed by atoms with E-state index in [1.54, 1.807) is 0 Å². The fourth-order valence-corrected chi connectivity index (χ4v) is 4.98. The zero-order chi connectivity index (χ0) is 11.5.